The Hall–Kier alpha value is -1.96. The van der Waals surface area contributed by atoms with E-state index in [1.165, 1.54) is 6.07 Å². The van der Waals surface area contributed by atoms with Crippen LogP contribution in [0.4, 0.5) is 14.5 Å². The average molecular weight is 333 g/mol. The maximum atomic E-state index is 13.5. The van der Waals surface area contributed by atoms with Crippen LogP contribution in [-0.4, -0.2) is 16.2 Å². The van der Waals surface area contributed by atoms with E-state index in [0.717, 1.165) is 12.1 Å². The predicted molar refractivity (Wildman–Crippen MR) is 64.8 cm³/mol. The van der Waals surface area contributed by atoms with Crippen LogP contribution in [0.25, 0.3) is 0 Å². The Balaban J connectivity index is 2.12. The van der Waals surface area contributed by atoms with Crippen LogP contribution in [0.1, 0.15) is 16.2 Å². The van der Waals surface area contributed by atoms with Crippen molar-refractivity contribution in [2.75, 3.05) is 5.32 Å². The standard InChI is InChI=1S/C11H7BrF2N2O3/c12-7-1-5(13)2-8(14)10(7)15-4-6-3-9(11(17)18)16-19-6/h1-3,15H,4H2,(H,17,18). The molecule has 2 aromatic rings. The minimum atomic E-state index is -1.22. The van der Waals surface area contributed by atoms with Crippen molar-refractivity contribution in [3.63, 3.8) is 0 Å². The molecule has 8 heteroatoms. The Morgan fingerprint density at radius 1 is 1.42 bits per heavy atom. The summed E-state index contributed by atoms with van der Waals surface area (Å²) < 4.78 is 31.3. The van der Waals surface area contributed by atoms with Crippen LogP contribution in [0, 0.1) is 11.6 Å². The molecule has 0 saturated heterocycles. The zero-order valence-corrected chi connectivity index (χ0v) is 10.9. The second-order valence-corrected chi connectivity index (χ2v) is 4.44. The molecule has 0 atom stereocenters. The molecule has 100 valence electrons. The highest BCUT2D eigenvalue weighted by Crippen LogP contribution is 2.27. The third-order valence-electron chi connectivity index (χ3n) is 2.22. The van der Waals surface area contributed by atoms with E-state index in [9.17, 15) is 13.6 Å². The second-order valence-electron chi connectivity index (χ2n) is 3.58. The first-order valence-corrected chi connectivity index (χ1v) is 5.84. The van der Waals surface area contributed by atoms with Crippen molar-refractivity contribution < 1.29 is 23.2 Å². The van der Waals surface area contributed by atoms with Gasteiger partial charge in [0.2, 0.25) is 0 Å². The van der Waals surface area contributed by atoms with Crippen molar-refractivity contribution >= 4 is 27.6 Å². The Kier molecular flexibility index (Phi) is 3.79. The number of carboxylic acid groups (broad SMARTS) is 1. The lowest BCUT2D eigenvalue weighted by Crippen LogP contribution is -2.02. The summed E-state index contributed by atoms with van der Waals surface area (Å²) in [7, 11) is 0. The van der Waals surface area contributed by atoms with E-state index in [4.69, 9.17) is 9.63 Å². The van der Waals surface area contributed by atoms with Gasteiger partial charge in [-0.05, 0) is 22.0 Å². The molecule has 5 nitrogen and oxygen atoms in total. The lowest BCUT2D eigenvalue weighted by Gasteiger charge is -2.07. The normalized spacial score (nSPS) is 10.5. The van der Waals surface area contributed by atoms with Crippen LogP contribution in [0.3, 0.4) is 0 Å². The molecule has 0 spiro atoms. The highest BCUT2D eigenvalue weighted by Gasteiger charge is 2.13. The van der Waals surface area contributed by atoms with Crippen LogP contribution in [0.2, 0.25) is 0 Å². The number of benzene rings is 1. The SMILES string of the molecule is O=C(O)c1cc(CNc2c(F)cc(F)cc2Br)on1. The van der Waals surface area contributed by atoms with Gasteiger partial charge in [-0.1, -0.05) is 5.16 Å². The first-order chi connectivity index (χ1) is 8.97. The van der Waals surface area contributed by atoms with E-state index in [-0.39, 0.29) is 28.2 Å². The number of carboxylic acids is 1. The van der Waals surface area contributed by atoms with E-state index in [1.54, 1.807) is 0 Å². The van der Waals surface area contributed by atoms with Crippen molar-refractivity contribution in [2.45, 2.75) is 6.54 Å². The van der Waals surface area contributed by atoms with E-state index >= 15 is 0 Å². The minimum absolute atomic E-state index is 0.0153. The summed E-state index contributed by atoms with van der Waals surface area (Å²) in [5.41, 5.74) is -0.190. The highest BCUT2D eigenvalue weighted by atomic mass is 79.9. The smallest absolute Gasteiger partial charge is 0.358 e. The molecule has 0 aliphatic rings. The average Bonchev–Trinajstić information content (AvgIpc) is 2.76. The number of anilines is 1. The largest absolute Gasteiger partial charge is 0.476 e. The Morgan fingerprint density at radius 2 is 2.16 bits per heavy atom. The summed E-state index contributed by atoms with van der Waals surface area (Å²) in [5, 5.41) is 14.6. The molecule has 0 saturated carbocycles. The summed E-state index contributed by atoms with van der Waals surface area (Å²) in [6.45, 7) is 0.0153. The molecule has 0 fully saturated rings. The Morgan fingerprint density at radius 3 is 2.74 bits per heavy atom. The fourth-order valence-electron chi connectivity index (χ4n) is 1.38. The maximum absolute atomic E-state index is 13.5. The van der Waals surface area contributed by atoms with Crippen molar-refractivity contribution in [1.82, 2.24) is 5.16 Å². The van der Waals surface area contributed by atoms with Gasteiger partial charge < -0.3 is 14.9 Å². The Bertz CT molecular complexity index is 607. The summed E-state index contributed by atoms with van der Waals surface area (Å²) in [6.07, 6.45) is 0. The van der Waals surface area contributed by atoms with Crippen molar-refractivity contribution in [2.24, 2.45) is 0 Å². The monoisotopic (exact) mass is 332 g/mol. The number of halogens is 3. The summed E-state index contributed by atoms with van der Waals surface area (Å²) >= 11 is 3.02. The third-order valence-corrected chi connectivity index (χ3v) is 2.85. The van der Waals surface area contributed by atoms with Crippen LogP contribution in [-0.2, 0) is 6.54 Å². The number of carbonyl (C=O) groups is 1. The van der Waals surface area contributed by atoms with Crippen LogP contribution in [0.5, 0.6) is 0 Å². The molecule has 1 aromatic heterocycles. The van der Waals surface area contributed by atoms with Gasteiger partial charge in [0.05, 0.1) is 12.2 Å². The molecule has 0 amide bonds. The number of hydrogen-bond donors (Lipinski definition) is 2. The molecular formula is C11H7BrF2N2O3. The second kappa shape index (κ2) is 5.35. The molecule has 0 bridgehead atoms. The molecule has 1 heterocycles. The van der Waals surface area contributed by atoms with E-state index in [0.29, 0.717) is 0 Å². The number of aromatic nitrogens is 1. The van der Waals surface area contributed by atoms with Gasteiger partial charge in [-0.15, -0.1) is 0 Å². The van der Waals surface area contributed by atoms with Gasteiger partial charge in [-0.3, -0.25) is 0 Å². The summed E-state index contributed by atoms with van der Waals surface area (Å²) in [4.78, 5) is 10.6. The number of rotatable bonds is 4. The highest BCUT2D eigenvalue weighted by molar-refractivity contribution is 9.10. The molecule has 1 aromatic carbocycles. The van der Waals surface area contributed by atoms with Crippen molar-refractivity contribution in [3.05, 3.63) is 45.8 Å². The molecule has 0 aliphatic carbocycles. The molecule has 2 rings (SSSR count). The zero-order valence-electron chi connectivity index (χ0n) is 9.28. The molecule has 19 heavy (non-hydrogen) atoms. The van der Waals surface area contributed by atoms with Crippen LogP contribution >= 0.6 is 15.9 Å². The van der Waals surface area contributed by atoms with E-state index < -0.39 is 17.6 Å². The number of aromatic carboxylic acids is 1. The molecule has 0 unspecified atom stereocenters. The molecule has 2 N–H and O–H groups in total. The summed E-state index contributed by atoms with van der Waals surface area (Å²) in [5.74, 6) is -2.48. The van der Waals surface area contributed by atoms with Gasteiger partial charge in [0, 0.05) is 16.6 Å². The number of hydrogen-bond acceptors (Lipinski definition) is 4. The van der Waals surface area contributed by atoms with Gasteiger partial charge in [0.1, 0.15) is 11.6 Å². The number of nitrogens with one attached hydrogen (secondary N) is 1. The van der Waals surface area contributed by atoms with Crippen LogP contribution < -0.4 is 5.32 Å². The van der Waals surface area contributed by atoms with E-state index in [2.05, 4.69) is 26.4 Å². The first-order valence-electron chi connectivity index (χ1n) is 5.04. The zero-order chi connectivity index (χ0) is 14.0. The fourth-order valence-corrected chi connectivity index (χ4v) is 1.93. The first kappa shape index (κ1) is 13.5. The van der Waals surface area contributed by atoms with Gasteiger partial charge in [-0.2, -0.15) is 0 Å². The molecule has 0 radical (unpaired) electrons. The van der Waals surface area contributed by atoms with E-state index in [1.807, 2.05) is 0 Å². The molecule has 0 aliphatic heterocycles. The summed E-state index contributed by atoms with van der Waals surface area (Å²) in [6, 6.07) is 3.05. The Labute approximate surface area is 114 Å². The fraction of sp³-hybridized carbons (Fsp3) is 0.0909. The van der Waals surface area contributed by atoms with Crippen molar-refractivity contribution in [3.8, 4) is 0 Å². The number of nitrogens with zero attached hydrogens (tertiary/aromatic N) is 1. The topological polar surface area (TPSA) is 75.4 Å². The lowest BCUT2D eigenvalue weighted by atomic mass is 10.3. The van der Waals surface area contributed by atoms with Gasteiger partial charge in [0.15, 0.2) is 11.5 Å². The van der Waals surface area contributed by atoms with Crippen molar-refractivity contribution in [1.29, 1.82) is 0 Å². The predicted octanol–water partition coefficient (Wildman–Crippen LogP) is 3.03. The van der Waals surface area contributed by atoms with Gasteiger partial charge >= 0.3 is 5.97 Å². The maximum Gasteiger partial charge on any atom is 0.358 e. The molecular weight excluding hydrogens is 326 g/mol. The van der Waals surface area contributed by atoms with Crippen LogP contribution in [0.15, 0.2) is 27.2 Å². The quantitative estimate of drug-likeness (QED) is 0.900. The minimum Gasteiger partial charge on any atom is -0.476 e. The lowest BCUT2D eigenvalue weighted by molar-refractivity contribution is 0.0685. The van der Waals surface area contributed by atoms with Gasteiger partial charge in [-0.25, -0.2) is 13.6 Å². The van der Waals surface area contributed by atoms with Gasteiger partial charge in [0.25, 0.3) is 0 Å². The third kappa shape index (κ3) is 3.08.